The minimum atomic E-state index is -4.88. The Morgan fingerprint density at radius 3 is 2.92 bits per heavy atom. The van der Waals surface area contributed by atoms with Crippen molar-refractivity contribution in [1.29, 1.82) is 0 Å². The molecule has 1 aliphatic rings. The first-order chi connectivity index (χ1) is 17.4. The lowest BCUT2D eigenvalue weighted by atomic mass is 9.99. The van der Waals surface area contributed by atoms with Crippen LogP contribution in [0, 0.1) is 0 Å². The van der Waals surface area contributed by atoms with Crippen LogP contribution >= 0.6 is 0 Å². The van der Waals surface area contributed by atoms with Crippen LogP contribution in [0.3, 0.4) is 0 Å². The number of fused-ring (bicyclic) bond motifs is 2. The van der Waals surface area contributed by atoms with Crippen LogP contribution in [0.5, 0.6) is 5.75 Å². The minimum Gasteiger partial charge on any atom is -0.411 e. The molecule has 36 heavy (non-hydrogen) atoms. The first-order valence-corrected chi connectivity index (χ1v) is 10.5. The van der Waals surface area contributed by atoms with Crippen LogP contribution in [-0.2, 0) is 6.42 Å². The van der Waals surface area contributed by atoms with Gasteiger partial charge in [-0.1, -0.05) is 0 Å². The van der Waals surface area contributed by atoms with Crippen LogP contribution in [0.25, 0.3) is 17.1 Å². The SMILES string of the molecule is O=C(c1nnc(-c2cnccn2)o1)N1CCc2[nH]cnc2C1c1cc2c(OC(F)(F)F)cccn2n1. The molecule has 15 heteroatoms. The summed E-state index contributed by atoms with van der Waals surface area (Å²) in [4.78, 5) is 30.3. The van der Waals surface area contributed by atoms with Crippen LogP contribution in [-0.4, -0.2) is 63.5 Å². The number of nitrogens with zero attached hydrogens (tertiary/aromatic N) is 8. The molecule has 0 radical (unpaired) electrons. The lowest BCUT2D eigenvalue weighted by Gasteiger charge is -2.32. The molecule has 0 fully saturated rings. The number of imidazole rings is 1. The van der Waals surface area contributed by atoms with E-state index in [-0.39, 0.29) is 29.5 Å². The summed E-state index contributed by atoms with van der Waals surface area (Å²) in [6.45, 7) is 0.237. The zero-order valence-corrected chi connectivity index (χ0v) is 18.0. The molecule has 1 atom stereocenters. The van der Waals surface area contributed by atoms with Gasteiger partial charge in [0.15, 0.2) is 5.75 Å². The Morgan fingerprint density at radius 2 is 2.11 bits per heavy atom. The molecule has 1 unspecified atom stereocenters. The van der Waals surface area contributed by atoms with E-state index in [1.165, 1.54) is 58.7 Å². The number of nitrogens with one attached hydrogen (secondary N) is 1. The number of carbonyl (C=O) groups excluding carboxylic acids is 1. The van der Waals surface area contributed by atoms with Gasteiger partial charge in [-0.2, -0.15) is 5.10 Å². The Bertz CT molecular complexity index is 1560. The van der Waals surface area contributed by atoms with Crippen molar-refractivity contribution in [3.8, 4) is 17.3 Å². The number of hydrogen-bond donors (Lipinski definition) is 1. The highest BCUT2D eigenvalue weighted by molar-refractivity contribution is 5.90. The first-order valence-electron chi connectivity index (χ1n) is 10.5. The Kier molecular flexibility index (Phi) is 4.91. The average molecular weight is 497 g/mol. The number of ether oxygens (including phenoxy) is 1. The maximum atomic E-state index is 13.5. The second-order valence-electron chi connectivity index (χ2n) is 7.74. The van der Waals surface area contributed by atoms with E-state index in [2.05, 4.69) is 40.0 Å². The van der Waals surface area contributed by atoms with Crippen molar-refractivity contribution in [2.45, 2.75) is 18.8 Å². The molecule has 6 heterocycles. The van der Waals surface area contributed by atoms with Gasteiger partial charge in [0.2, 0.25) is 0 Å². The van der Waals surface area contributed by atoms with Crippen molar-refractivity contribution >= 4 is 11.4 Å². The summed E-state index contributed by atoms with van der Waals surface area (Å²) in [6, 6.07) is 3.15. The molecule has 0 spiro atoms. The summed E-state index contributed by atoms with van der Waals surface area (Å²) in [5.41, 5.74) is 1.93. The van der Waals surface area contributed by atoms with Gasteiger partial charge in [0.05, 0.1) is 23.9 Å². The number of halogens is 3. The van der Waals surface area contributed by atoms with E-state index in [0.29, 0.717) is 17.8 Å². The highest BCUT2D eigenvalue weighted by Crippen LogP contribution is 2.36. The van der Waals surface area contributed by atoms with E-state index in [4.69, 9.17) is 4.42 Å². The van der Waals surface area contributed by atoms with Gasteiger partial charge in [0.25, 0.3) is 5.89 Å². The second-order valence-corrected chi connectivity index (χ2v) is 7.74. The van der Waals surface area contributed by atoms with E-state index in [1.54, 1.807) is 0 Å². The molecule has 1 N–H and O–H groups in total. The summed E-state index contributed by atoms with van der Waals surface area (Å²) < 4.78 is 49.7. The molecule has 1 amide bonds. The first kappa shape index (κ1) is 21.7. The predicted molar refractivity (Wildman–Crippen MR) is 112 cm³/mol. The van der Waals surface area contributed by atoms with E-state index in [9.17, 15) is 18.0 Å². The highest BCUT2D eigenvalue weighted by atomic mass is 19.4. The minimum absolute atomic E-state index is 0.0159. The molecule has 0 aliphatic carbocycles. The molecule has 182 valence electrons. The maximum Gasteiger partial charge on any atom is 0.573 e. The fourth-order valence-electron chi connectivity index (χ4n) is 4.09. The lowest BCUT2D eigenvalue weighted by molar-refractivity contribution is -0.274. The number of alkyl halides is 3. The van der Waals surface area contributed by atoms with Crippen LogP contribution < -0.4 is 4.74 Å². The normalized spacial score (nSPS) is 15.8. The molecule has 6 rings (SSSR count). The average Bonchev–Trinajstić information content (AvgIpc) is 3.62. The van der Waals surface area contributed by atoms with Crippen molar-refractivity contribution in [3.63, 3.8) is 0 Å². The van der Waals surface area contributed by atoms with Gasteiger partial charge in [-0.3, -0.25) is 9.78 Å². The van der Waals surface area contributed by atoms with Crippen LogP contribution in [0.4, 0.5) is 13.2 Å². The van der Waals surface area contributed by atoms with Gasteiger partial charge in [-0.25, -0.2) is 14.5 Å². The summed E-state index contributed by atoms with van der Waals surface area (Å²) >= 11 is 0. The zero-order valence-electron chi connectivity index (χ0n) is 18.0. The largest absolute Gasteiger partial charge is 0.573 e. The Morgan fingerprint density at radius 1 is 1.22 bits per heavy atom. The van der Waals surface area contributed by atoms with E-state index < -0.39 is 24.1 Å². The molecule has 0 bridgehead atoms. The van der Waals surface area contributed by atoms with Gasteiger partial charge in [-0.05, 0) is 18.2 Å². The Hall–Kier alpha value is -4.82. The Balaban J connectivity index is 1.40. The molecular formula is C21H14F3N9O3. The summed E-state index contributed by atoms with van der Waals surface area (Å²) in [5, 5.41) is 12.2. The molecule has 0 saturated carbocycles. The number of rotatable bonds is 4. The molecule has 5 aromatic rings. The second kappa shape index (κ2) is 8.14. The molecular weight excluding hydrogens is 483 g/mol. The zero-order chi connectivity index (χ0) is 24.9. The van der Waals surface area contributed by atoms with Crippen LogP contribution in [0.15, 0.2) is 53.7 Å². The van der Waals surface area contributed by atoms with Gasteiger partial charge in [-0.15, -0.1) is 23.4 Å². The smallest absolute Gasteiger partial charge is 0.411 e. The number of pyridine rings is 1. The quantitative estimate of drug-likeness (QED) is 0.397. The fourth-order valence-corrected chi connectivity index (χ4v) is 4.09. The predicted octanol–water partition coefficient (Wildman–Crippen LogP) is 2.58. The van der Waals surface area contributed by atoms with Crippen molar-refractivity contribution in [2.75, 3.05) is 6.54 Å². The van der Waals surface area contributed by atoms with Crippen LogP contribution in [0.2, 0.25) is 0 Å². The number of carbonyl (C=O) groups is 1. The number of aromatic nitrogens is 8. The Labute approximate surface area is 198 Å². The van der Waals surface area contributed by atoms with E-state index >= 15 is 0 Å². The topological polar surface area (TPSA) is 140 Å². The van der Waals surface area contributed by atoms with Gasteiger partial charge >= 0.3 is 18.2 Å². The van der Waals surface area contributed by atoms with Crippen molar-refractivity contribution in [2.24, 2.45) is 0 Å². The van der Waals surface area contributed by atoms with Crippen molar-refractivity contribution in [3.05, 3.63) is 72.3 Å². The molecule has 1 aliphatic heterocycles. The maximum absolute atomic E-state index is 13.5. The fraction of sp³-hybridized carbons (Fsp3) is 0.190. The molecule has 5 aromatic heterocycles. The molecule has 12 nitrogen and oxygen atoms in total. The van der Waals surface area contributed by atoms with Gasteiger partial charge < -0.3 is 19.0 Å². The molecule has 0 aromatic carbocycles. The standard InChI is InChI=1S/C21H14F3N9O3/c22-21(23,24)36-15-2-1-6-33-14(15)8-12(31-33)17-16-11(27-10-28-16)3-7-32(17)20(34)19-30-29-18(35-19)13-9-25-4-5-26-13/h1-2,4-6,8-10,17H,3,7H2,(H,27,28). The van der Waals surface area contributed by atoms with Crippen molar-refractivity contribution < 1.29 is 27.1 Å². The third-order valence-electron chi connectivity index (χ3n) is 5.56. The number of amides is 1. The number of hydrogen-bond acceptors (Lipinski definition) is 9. The summed E-state index contributed by atoms with van der Waals surface area (Å²) in [6.07, 6.45) is 2.88. The number of H-pyrrole nitrogens is 1. The lowest BCUT2D eigenvalue weighted by Crippen LogP contribution is -2.41. The third-order valence-corrected chi connectivity index (χ3v) is 5.56. The van der Waals surface area contributed by atoms with Crippen LogP contribution in [0.1, 0.15) is 33.8 Å². The van der Waals surface area contributed by atoms with Crippen molar-refractivity contribution in [1.82, 2.24) is 44.6 Å². The molecule has 0 saturated heterocycles. The van der Waals surface area contributed by atoms with E-state index in [1.807, 2.05) is 0 Å². The highest BCUT2D eigenvalue weighted by Gasteiger charge is 2.39. The van der Waals surface area contributed by atoms with Gasteiger partial charge in [0.1, 0.15) is 17.3 Å². The summed E-state index contributed by atoms with van der Waals surface area (Å²) in [7, 11) is 0. The summed E-state index contributed by atoms with van der Waals surface area (Å²) in [5.74, 6) is -1.29. The third kappa shape index (κ3) is 3.79. The van der Waals surface area contributed by atoms with E-state index in [0.717, 1.165) is 5.69 Å². The van der Waals surface area contributed by atoms with Gasteiger partial charge in [0, 0.05) is 37.3 Å². The monoisotopic (exact) mass is 497 g/mol. The number of aromatic amines is 1.